The number of hydrogen-bond acceptors (Lipinski definition) is 4. The summed E-state index contributed by atoms with van der Waals surface area (Å²) in [7, 11) is 0. The Labute approximate surface area is 108 Å². The van der Waals surface area contributed by atoms with Gasteiger partial charge in [0.1, 0.15) is 0 Å². The molecule has 1 aliphatic rings. The summed E-state index contributed by atoms with van der Waals surface area (Å²) in [6.45, 7) is 0.315. The molecule has 100 valence electrons. The van der Waals surface area contributed by atoms with Crippen LogP contribution in [-0.4, -0.2) is 28.5 Å². The molecule has 0 aliphatic carbocycles. The van der Waals surface area contributed by atoms with Gasteiger partial charge in [-0.2, -0.15) is 0 Å². The summed E-state index contributed by atoms with van der Waals surface area (Å²) in [6, 6.07) is 4.28. The van der Waals surface area contributed by atoms with Crippen LogP contribution < -0.4 is 4.90 Å². The molecule has 1 N–H and O–H groups in total. The van der Waals surface area contributed by atoms with Crippen molar-refractivity contribution in [3.8, 4) is 0 Å². The molecule has 0 saturated heterocycles. The van der Waals surface area contributed by atoms with Gasteiger partial charge in [0.15, 0.2) is 0 Å². The average molecular weight is 264 g/mol. The Bertz CT molecular complexity index is 555. The Morgan fingerprint density at radius 3 is 2.84 bits per heavy atom. The summed E-state index contributed by atoms with van der Waals surface area (Å²) >= 11 is 0. The minimum atomic E-state index is -0.907. The number of carboxylic acids is 1. The lowest BCUT2D eigenvalue weighted by molar-refractivity contribution is -0.384. The zero-order valence-electron chi connectivity index (χ0n) is 10.0. The molecular weight excluding hydrogens is 252 g/mol. The van der Waals surface area contributed by atoms with E-state index >= 15 is 0 Å². The predicted octanol–water partition coefficient (Wildman–Crippen LogP) is 1.35. The number of carbonyl (C=O) groups excluding carboxylic acids is 1. The Kier molecular flexibility index (Phi) is 3.46. The van der Waals surface area contributed by atoms with E-state index in [0.717, 1.165) is 0 Å². The highest BCUT2D eigenvalue weighted by Crippen LogP contribution is 2.32. The van der Waals surface area contributed by atoms with Gasteiger partial charge in [-0.3, -0.25) is 19.7 Å². The third-order valence-corrected chi connectivity index (χ3v) is 2.98. The van der Waals surface area contributed by atoms with E-state index in [4.69, 9.17) is 5.11 Å². The normalized spacial score (nSPS) is 13.5. The van der Waals surface area contributed by atoms with Crippen LogP contribution in [0.1, 0.15) is 18.4 Å². The monoisotopic (exact) mass is 264 g/mol. The minimum Gasteiger partial charge on any atom is -0.481 e. The topological polar surface area (TPSA) is 101 Å². The first-order chi connectivity index (χ1) is 8.99. The largest absolute Gasteiger partial charge is 0.481 e. The van der Waals surface area contributed by atoms with Crippen LogP contribution in [0.3, 0.4) is 0 Å². The first-order valence-corrected chi connectivity index (χ1v) is 5.78. The van der Waals surface area contributed by atoms with Crippen LogP contribution >= 0.6 is 0 Å². The summed E-state index contributed by atoms with van der Waals surface area (Å²) in [4.78, 5) is 33.9. The first kappa shape index (κ1) is 13.0. The molecule has 1 heterocycles. The Morgan fingerprint density at radius 2 is 2.21 bits per heavy atom. The lowest BCUT2D eigenvalue weighted by Gasteiger charge is -2.16. The third kappa shape index (κ3) is 2.70. The second kappa shape index (κ2) is 5.05. The van der Waals surface area contributed by atoms with Gasteiger partial charge in [-0.1, -0.05) is 0 Å². The molecule has 0 aromatic heterocycles. The van der Waals surface area contributed by atoms with Gasteiger partial charge in [0.25, 0.3) is 5.69 Å². The van der Waals surface area contributed by atoms with Crippen molar-refractivity contribution in [1.82, 2.24) is 0 Å². The van der Waals surface area contributed by atoms with Crippen molar-refractivity contribution in [3.63, 3.8) is 0 Å². The van der Waals surface area contributed by atoms with E-state index < -0.39 is 10.9 Å². The van der Waals surface area contributed by atoms with Gasteiger partial charge in [0, 0.05) is 30.8 Å². The van der Waals surface area contributed by atoms with Gasteiger partial charge in [0.2, 0.25) is 5.91 Å². The lowest BCUT2D eigenvalue weighted by Crippen LogP contribution is -2.28. The number of aliphatic carboxylic acids is 1. The van der Waals surface area contributed by atoms with Crippen molar-refractivity contribution < 1.29 is 19.6 Å². The van der Waals surface area contributed by atoms with Crippen LogP contribution in [0, 0.1) is 10.1 Å². The zero-order chi connectivity index (χ0) is 14.0. The second-order valence-electron chi connectivity index (χ2n) is 4.29. The van der Waals surface area contributed by atoms with Gasteiger partial charge in [-0.25, -0.2) is 0 Å². The van der Waals surface area contributed by atoms with Crippen molar-refractivity contribution in [1.29, 1.82) is 0 Å². The van der Waals surface area contributed by atoms with Gasteiger partial charge in [-0.05, 0) is 18.1 Å². The third-order valence-electron chi connectivity index (χ3n) is 2.98. The van der Waals surface area contributed by atoms with E-state index in [1.165, 1.54) is 17.0 Å². The molecule has 7 nitrogen and oxygen atoms in total. The number of hydrogen-bond donors (Lipinski definition) is 1. The van der Waals surface area contributed by atoms with Crippen LogP contribution in [0.2, 0.25) is 0 Å². The highest BCUT2D eigenvalue weighted by molar-refractivity contribution is 6.01. The smallest absolute Gasteiger partial charge is 0.303 e. The quantitative estimate of drug-likeness (QED) is 0.639. The molecule has 0 spiro atoms. The number of amides is 1. The van der Waals surface area contributed by atoms with Crippen molar-refractivity contribution in [2.24, 2.45) is 0 Å². The molecule has 0 bridgehead atoms. The van der Waals surface area contributed by atoms with Crippen LogP contribution in [0.25, 0.3) is 0 Å². The van der Waals surface area contributed by atoms with Crippen LogP contribution in [0.4, 0.5) is 11.4 Å². The number of carboxylic acid groups (broad SMARTS) is 1. The molecular formula is C12H12N2O5. The molecule has 0 unspecified atom stereocenters. The van der Waals surface area contributed by atoms with Gasteiger partial charge in [-0.15, -0.1) is 0 Å². The van der Waals surface area contributed by atoms with E-state index in [2.05, 4.69) is 0 Å². The molecule has 1 amide bonds. The number of fused-ring (bicyclic) bond motifs is 1. The van der Waals surface area contributed by atoms with Crippen molar-refractivity contribution >= 4 is 23.3 Å². The molecule has 1 aliphatic heterocycles. The molecule has 0 fully saturated rings. The number of nitrogens with zero attached hydrogens (tertiary/aromatic N) is 2. The highest BCUT2D eigenvalue weighted by Gasteiger charge is 2.28. The molecule has 1 aromatic rings. The SMILES string of the molecule is O=C(O)CCCN1C(=O)Cc2cc([N+](=O)[O-])ccc21. The Balaban J connectivity index is 2.15. The van der Waals surface area contributed by atoms with Crippen LogP contribution in [-0.2, 0) is 16.0 Å². The lowest BCUT2D eigenvalue weighted by atomic mass is 10.1. The molecule has 2 rings (SSSR count). The standard InChI is InChI=1S/C12H12N2O5/c15-11-7-8-6-9(14(18)19)3-4-10(8)13(11)5-1-2-12(16)17/h3-4,6H,1-2,5,7H2,(H,16,17). The Morgan fingerprint density at radius 1 is 1.47 bits per heavy atom. The summed E-state index contributed by atoms with van der Waals surface area (Å²) in [6.07, 6.45) is 0.480. The van der Waals surface area contributed by atoms with Crippen molar-refractivity contribution in [2.75, 3.05) is 11.4 Å². The fourth-order valence-corrected chi connectivity index (χ4v) is 2.12. The number of benzene rings is 1. The van der Waals surface area contributed by atoms with E-state index in [1.807, 2.05) is 0 Å². The number of nitro groups is 1. The maximum atomic E-state index is 11.8. The van der Waals surface area contributed by atoms with Crippen molar-refractivity contribution in [3.05, 3.63) is 33.9 Å². The molecule has 0 radical (unpaired) electrons. The van der Waals surface area contributed by atoms with Gasteiger partial charge in [0.05, 0.1) is 11.3 Å². The maximum Gasteiger partial charge on any atom is 0.303 e. The van der Waals surface area contributed by atoms with E-state index in [9.17, 15) is 19.7 Å². The van der Waals surface area contributed by atoms with Gasteiger partial charge < -0.3 is 10.0 Å². The number of nitro benzene ring substituents is 1. The van der Waals surface area contributed by atoms with E-state index in [1.54, 1.807) is 6.07 Å². The fraction of sp³-hybridized carbons (Fsp3) is 0.333. The minimum absolute atomic E-state index is 0.00784. The van der Waals surface area contributed by atoms with Crippen LogP contribution in [0.15, 0.2) is 18.2 Å². The van der Waals surface area contributed by atoms with Gasteiger partial charge >= 0.3 is 5.97 Å². The summed E-state index contributed by atoms with van der Waals surface area (Å²) in [5.41, 5.74) is 1.22. The molecule has 0 atom stereocenters. The maximum absolute atomic E-state index is 11.8. The molecule has 19 heavy (non-hydrogen) atoms. The average Bonchev–Trinajstić information content (AvgIpc) is 2.64. The molecule has 0 saturated carbocycles. The van der Waals surface area contributed by atoms with E-state index in [0.29, 0.717) is 24.2 Å². The van der Waals surface area contributed by atoms with E-state index in [-0.39, 0.29) is 24.4 Å². The second-order valence-corrected chi connectivity index (χ2v) is 4.29. The zero-order valence-corrected chi connectivity index (χ0v) is 10.0. The Hall–Kier alpha value is -2.44. The number of anilines is 1. The van der Waals surface area contributed by atoms with Crippen LogP contribution in [0.5, 0.6) is 0 Å². The number of non-ortho nitro benzene ring substituents is 1. The highest BCUT2D eigenvalue weighted by atomic mass is 16.6. The predicted molar refractivity (Wildman–Crippen MR) is 66.0 cm³/mol. The first-order valence-electron chi connectivity index (χ1n) is 5.78. The fourth-order valence-electron chi connectivity index (χ4n) is 2.12. The summed E-state index contributed by atoms with van der Waals surface area (Å²) in [5, 5.41) is 19.2. The summed E-state index contributed by atoms with van der Waals surface area (Å²) in [5.74, 6) is -1.06. The number of rotatable bonds is 5. The molecule has 7 heteroatoms. The van der Waals surface area contributed by atoms with Crippen molar-refractivity contribution in [2.45, 2.75) is 19.3 Å². The number of carbonyl (C=O) groups is 2. The molecule has 1 aromatic carbocycles. The summed E-state index contributed by atoms with van der Waals surface area (Å²) < 4.78 is 0.